The summed E-state index contributed by atoms with van der Waals surface area (Å²) in [7, 11) is 0. The number of hydrogen-bond donors (Lipinski definition) is 1. The number of rotatable bonds is 6. The highest BCUT2D eigenvalue weighted by Gasteiger charge is 2.14. The average molecular weight is 158 g/mol. The minimum absolute atomic E-state index is 0.0973. The summed E-state index contributed by atoms with van der Waals surface area (Å²) in [5.74, 6) is -0.722. The monoisotopic (exact) mass is 158 g/mol. The lowest BCUT2D eigenvalue weighted by Gasteiger charge is -2.08. The predicted octanol–water partition coefficient (Wildman–Crippen LogP) is 2.68. The predicted molar refractivity (Wildman–Crippen MR) is 45.6 cm³/mol. The molecular formula is C9H18O2. The van der Waals surface area contributed by atoms with Crippen molar-refractivity contribution in [2.24, 2.45) is 5.92 Å². The normalized spacial score (nSPS) is 12.9. The summed E-state index contributed by atoms with van der Waals surface area (Å²) in [4.78, 5) is 10.6. The van der Waals surface area contributed by atoms with Crippen LogP contribution < -0.4 is 0 Å². The zero-order valence-electron chi connectivity index (χ0n) is 7.47. The molecule has 0 aliphatic carbocycles. The largest absolute Gasteiger partial charge is 0.481 e. The van der Waals surface area contributed by atoms with Crippen molar-refractivity contribution in [3.05, 3.63) is 0 Å². The second-order valence-corrected chi connectivity index (χ2v) is 2.97. The number of unbranched alkanes of at least 4 members (excludes halogenated alkanes) is 1. The van der Waals surface area contributed by atoms with Gasteiger partial charge in [0.1, 0.15) is 0 Å². The molecule has 0 bridgehead atoms. The molecule has 0 saturated heterocycles. The van der Waals surface area contributed by atoms with Crippen LogP contribution in [0.15, 0.2) is 0 Å². The molecule has 0 saturated carbocycles. The van der Waals surface area contributed by atoms with Crippen molar-refractivity contribution >= 4 is 5.97 Å². The molecule has 66 valence electrons. The Labute approximate surface area is 68.6 Å². The zero-order chi connectivity index (χ0) is 8.69. The molecule has 0 fully saturated rings. The lowest BCUT2D eigenvalue weighted by Crippen LogP contribution is -2.12. The Hall–Kier alpha value is -0.530. The number of carboxylic acid groups (broad SMARTS) is 1. The van der Waals surface area contributed by atoms with E-state index >= 15 is 0 Å². The Balaban J connectivity index is 3.60. The van der Waals surface area contributed by atoms with Gasteiger partial charge in [-0.2, -0.15) is 0 Å². The van der Waals surface area contributed by atoms with Crippen molar-refractivity contribution in [1.29, 1.82) is 0 Å². The second-order valence-electron chi connectivity index (χ2n) is 2.97. The van der Waals surface area contributed by atoms with Gasteiger partial charge >= 0.3 is 5.97 Å². The van der Waals surface area contributed by atoms with E-state index in [0.717, 1.165) is 32.1 Å². The summed E-state index contributed by atoms with van der Waals surface area (Å²) in [5.41, 5.74) is 0. The van der Waals surface area contributed by atoms with Crippen molar-refractivity contribution in [1.82, 2.24) is 0 Å². The summed E-state index contributed by atoms with van der Waals surface area (Å²) >= 11 is 0. The number of carboxylic acids is 1. The Bertz CT molecular complexity index is 110. The Kier molecular flexibility index (Phi) is 5.90. The fourth-order valence-corrected chi connectivity index (χ4v) is 1.19. The molecule has 0 heterocycles. The molecule has 0 aromatic heterocycles. The van der Waals surface area contributed by atoms with Gasteiger partial charge in [0.2, 0.25) is 0 Å². The van der Waals surface area contributed by atoms with Crippen molar-refractivity contribution in [2.45, 2.75) is 46.0 Å². The molecule has 0 rings (SSSR count). The van der Waals surface area contributed by atoms with E-state index in [-0.39, 0.29) is 5.92 Å². The van der Waals surface area contributed by atoms with Crippen LogP contribution in [-0.2, 0) is 4.79 Å². The van der Waals surface area contributed by atoms with Crippen molar-refractivity contribution in [3.8, 4) is 0 Å². The van der Waals surface area contributed by atoms with Crippen LogP contribution in [0, 0.1) is 5.92 Å². The summed E-state index contributed by atoms with van der Waals surface area (Å²) in [6, 6.07) is 0. The number of hydrogen-bond acceptors (Lipinski definition) is 1. The van der Waals surface area contributed by atoms with E-state index in [2.05, 4.69) is 6.92 Å². The highest BCUT2D eigenvalue weighted by Crippen LogP contribution is 2.14. The summed E-state index contributed by atoms with van der Waals surface area (Å²) < 4.78 is 0. The van der Waals surface area contributed by atoms with Crippen LogP contribution in [-0.4, -0.2) is 11.1 Å². The summed E-state index contributed by atoms with van der Waals surface area (Å²) in [6.45, 7) is 4.12. The quantitative estimate of drug-likeness (QED) is 0.645. The molecule has 0 unspecified atom stereocenters. The highest BCUT2D eigenvalue weighted by atomic mass is 16.4. The van der Waals surface area contributed by atoms with Gasteiger partial charge < -0.3 is 5.11 Å². The van der Waals surface area contributed by atoms with E-state index in [1.54, 1.807) is 0 Å². The first-order valence-electron chi connectivity index (χ1n) is 4.45. The van der Waals surface area contributed by atoms with Crippen LogP contribution in [0.4, 0.5) is 0 Å². The van der Waals surface area contributed by atoms with E-state index < -0.39 is 5.97 Å². The highest BCUT2D eigenvalue weighted by molar-refractivity contribution is 5.69. The van der Waals surface area contributed by atoms with Gasteiger partial charge in [0.25, 0.3) is 0 Å². The van der Waals surface area contributed by atoms with Crippen LogP contribution in [0.2, 0.25) is 0 Å². The van der Waals surface area contributed by atoms with Crippen molar-refractivity contribution < 1.29 is 9.90 Å². The molecule has 0 amide bonds. The van der Waals surface area contributed by atoms with Gasteiger partial charge in [-0.3, -0.25) is 4.79 Å². The first-order valence-corrected chi connectivity index (χ1v) is 4.45. The molecule has 0 aromatic rings. The number of aliphatic carboxylic acids is 1. The van der Waals surface area contributed by atoms with Gasteiger partial charge in [-0.05, 0) is 12.8 Å². The lowest BCUT2D eigenvalue weighted by molar-refractivity contribution is -0.142. The van der Waals surface area contributed by atoms with Crippen LogP contribution in [0.5, 0.6) is 0 Å². The molecule has 11 heavy (non-hydrogen) atoms. The van der Waals surface area contributed by atoms with E-state index in [1.807, 2.05) is 6.92 Å². The Morgan fingerprint density at radius 1 is 1.27 bits per heavy atom. The molecule has 1 N–H and O–H groups in total. The van der Waals surface area contributed by atoms with E-state index in [9.17, 15) is 4.79 Å². The Morgan fingerprint density at radius 3 is 2.27 bits per heavy atom. The van der Waals surface area contributed by atoms with Crippen molar-refractivity contribution in [2.75, 3.05) is 0 Å². The van der Waals surface area contributed by atoms with Crippen LogP contribution >= 0.6 is 0 Å². The lowest BCUT2D eigenvalue weighted by atomic mass is 9.97. The van der Waals surface area contributed by atoms with Gasteiger partial charge in [0.05, 0.1) is 5.92 Å². The molecule has 0 aliphatic rings. The fourth-order valence-electron chi connectivity index (χ4n) is 1.19. The molecule has 1 atom stereocenters. The molecular weight excluding hydrogens is 140 g/mol. The second kappa shape index (κ2) is 6.20. The molecule has 0 aromatic carbocycles. The maximum atomic E-state index is 10.6. The van der Waals surface area contributed by atoms with E-state index in [1.165, 1.54) is 0 Å². The van der Waals surface area contributed by atoms with Gasteiger partial charge in [0, 0.05) is 0 Å². The standard InChI is InChI=1S/C9H18O2/c1-3-5-7-8(6-4-2)9(10)11/h8H,3-7H2,1-2H3,(H,10,11)/t8-/m1/s1. The third-order valence-electron chi connectivity index (χ3n) is 1.89. The average Bonchev–Trinajstić information content (AvgIpc) is 1.97. The van der Waals surface area contributed by atoms with Crippen LogP contribution in [0.1, 0.15) is 46.0 Å². The van der Waals surface area contributed by atoms with Crippen LogP contribution in [0.25, 0.3) is 0 Å². The third kappa shape index (κ3) is 4.82. The SMILES string of the molecule is CCCC[C@@H](CCC)C(=O)O. The first-order chi connectivity index (χ1) is 5.22. The Morgan fingerprint density at radius 2 is 1.91 bits per heavy atom. The van der Waals surface area contributed by atoms with E-state index in [4.69, 9.17) is 5.11 Å². The fraction of sp³-hybridized carbons (Fsp3) is 0.889. The van der Waals surface area contributed by atoms with Crippen LogP contribution in [0.3, 0.4) is 0 Å². The molecule has 0 radical (unpaired) electrons. The summed E-state index contributed by atoms with van der Waals surface area (Å²) in [6.07, 6.45) is 4.78. The zero-order valence-corrected chi connectivity index (χ0v) is 7.47. The minimum atomic E-state index is -0.625. The van der Waals surface area contributed by atoms with Gasteiger partial charge in [-0.15, -0.1) is 0 Å². The molecule has 2 heteroatoms. The minimum Gasteiger partial charge on any atom is -0.481 e. The molecule has 2 nitrogen and oxygen atoms in total. The third-order valence-corrected chi connectivity index (χ3v) is 1.89. The number of carbonyl (C=O) groups is 1. The van der Waals surface area contributed by atoms with Gasteiger partial charge in [-0.25, -0.2) is 0 Å². The van der Waals surface area contributed by atoms with E-state index in [0.29, 0.717) is 0 Å². The van der Waals surface area contributed by atoms with Crippen molar-refractivity contribution in [3.63, 3.8) is 0 Å². The topological polar surface area (TPSA) is 37.3 Å². The smallest absolute Gasteiger partial charge is 0.306 e. The molecule has 0 spiro atoms. The molecule has 0 aliphatic heterocycles. The van der Waals surface area contributed by atoms with Gasteiger partial charge in [0.15, 0.2) is 0 Å². The maximum absolute atomic E-state index is 10.6. The summed E-state index contributed by atoms with van der Waals surface area (Å²) in [5, 5.41) is 8.73. The first kappa shape index (κ1) is 10.5. The maximum Gasteiger partial charge on any atom is 0.306 e. The van der Waals surface area contributed by atoms with Gasteiger partial charge in [-0.1, -0.05) is 33.1 Å².